The van der Waals surface area contributed by atoms with Crippen LogP contribution in [0.15, 0.2) is 53.0 Å². The third-order valence-corrected chi connectivity index (χ3v) is 8.01. The van der Waals surface area contributed by atoms with Crippen molar-refractivity contribution in [2.75, 3.05) is 52.5 Å². The molecule has 43 heavy (non-hydrogen) atoms. The first kappa shape index (κ1) is 32.0. The van der Waals surface area contributed by atoms with Crippen molar-refractivity contribution in [1.29, 1.82) is 0 Å². The highest BCUT2D eigenvalue weighted by Crippen LogP contribution is 2.43. The Balaban J connectivity index is 1.57. The van der Waals surface area contributed by atoms with Gasteiger partial charge in [0.25, 0.3) is 0 Å². The molecule has 2 heterocycles. The smallest absolute Gasteiger partial charge is 0.410 e. The van der Waals surface area contributed by atoms with Crippen molar-refractivity contribution < 1.29 is 28.5 Å². The average Bonchev–Trinajstić information content (AvgIpc) is 2.99. The third-order valence-electron chi connectivity index (χ3n) is 8.01. The molecule has 0 spiro atoms. The fourth-order valence-electron chi connectivity index (χ4n) is 5.77. The van der Waals surface area contributed by atoms with Crippen molar-refractivity contribution in [3.05, 3.63) is 53.6 Å². The Bertz CT molecular complexity index is 1270. The highest BCUT2D eigenvalue weighted by molar-refractivity contribution is 5.75. The molecule has 2 aliphatic rings. The van der Waals surface area contributed by atoms with E-state index < -0.39 is 5.60 Å². The second kappa shape index (κ2) is 14.1. The molecule has 0 radical (unpaired) electrons. The van der Waals surface area contributed by atoms with Gasteiger partial charge in [0.15, 0.2) is 11.5 Å². The van der Waals surface area contributed by atoms with Gasteiger partial charge in [0.05, 0.1) is 34.0 Å². The Morgan fingerprint density at radius 1 is 1.00 bits per heavy atom. The van der Waals surface area contributed by atoms with Crippen LogP contribution in [0.5, 0.6) is 23.0 Å². The highest BCUT2D eigenvalue weighted by Gasteiger charge is 2.33. The van der Waals surface area contributed by atoms with Crippen molar-refractivity contribution in [1.82, 2.24) is 4.90 Å². The molecule has 2 aromatic carbocycles. The minimum Gasteiger partial charge on any atom is -0.494 e. The van der Waals surface area contributed by atoms with Crippen molar-refractivity contribution in [3.8, 4) is 23.0 Å². The summed E-state index contributed by atoms with van der Waals surface area (Å²) in [7, 11) is 4.86. The molecule has 0 aromatic heterocycles. The minimum absolute atomic E-state index is 0.107. The topological polar surface area (TPSA) is 82.1 Å². The van der Waals surface area contributed by atoms with Crippen LogP contribution in [0.2, 0.25) is 0 Å². The Morgan fingerprint density at radius 3 is 2.16 bits per heavy atom. The second-order valence-electron chi connectivity index (χ2n) is 12.0. The predicted molar refractivity (Wildman–Crippen MR) is 170 cm³/mol. The van der Waals surface area contributed by atoms with Gasteiger partial charge in [-0.25, -0.2) is 4.79 Å². The summed E-state index contributed by atoms with van der Waals surface area (Å²) in [6, 6.07) is 12.4. The monoisotopic (exact) mass is 593 g/mol. The number of ether oxygens (including phenoxy) is 5. The molecule has 1 fully saturated rings. The van der Waals surface area contributed by atoms with E-state index in [1.165, 1.54) is 5.57 Å². The number of benzene rings is 2. The molecule has 2 aliphatic heterocycles. The van der Waals surface area contributed by atoms with Crippen LogP contribution in [-0.4, -0.2) is 76.4 Å². The lowest BCUT2D eigenvalue weighted by molar-refractivity contribution is 0.0205. The van der Waals surface area contributed by atoms with Gasteiger partial charge in [-0.1, -0.05) is 6.92 Å². The molecule has 0 aliphatic carbocycles. The summed E-state index contributed by atoms with van der Waals surface area (Å²) in [6.45, 7) is 12.6. The van der Waals surface area contributed by atoms with Gasteiger partial charge >= 0.3 is 6.09 Å². The number of likely N-dealkylation sites (tertiary alicyclic amines) is 1. The molecule has 9 heteroatoms. The maximum Gasteiger partial charge on any atom is 0.410 e. The highest BCUT2D eigenvalue weighted by atomic mass is 16.6. The van der Waals surface area contributed by atoms with Crippen LogP contribution in [0.4, 0.5) is 10.5 Å². The fourth-order valence-corrected chi connectivity index (χ4v) is 5.77. The number of dihydropyridines is 1. The standard InChI is InChI=1S/C34H47N3O6/c1-9-42-28-12-10-26(11-13-28)37(27-15-18-36(19-16-27)33(38)43-34(3,4)5)22-24-14-17-35-31(23(24)2)25-20-29(39-6)32(41-8)30(21-25)40-7/h10-14,17,20-21,23,27,31H,9,15-16,18-19,22H2,1-8H3. The van der Waals surface area contributed by atoms with E-state index in [1.54, 1.807) is 21.3 Å². The summed E-state index contributed by atoms with van der Waals surface area (Å²) in [6.07, 6.45) is 5.49. The molecule has 0 N–H and O–H groups in total. The molecule has 1 saturated heterocycles. The lowest BCUT2D eigenvalue weighted by atomic mass is 9.85. The van der Waals surface area contributed by atoms with Gasteiger partial charge in [-0.2, -0.15) is 0 Å². The zero-order valence-corrected chi connectivity index (χ0v) is 26.9. The number of piperidine rings is 1. The van der Waals surface area contributed by atoms with Crippen LogP contribution in [-0.2, 0) is 4.74 Å². The molecular weight excluding hydrogens is 546 g/mol. The Labute approximate surface area is 256 Å². The Morgan fingerprint density at radius 2 is 1.63 bits per heavy atom. The largest absolute Gasteiger partial charge is 0.494 e. The van der Waals surface area contributed by atoms with Crippen molar-refractivity contribution in [3.63, 3.8) is 0 Å². The lowest BCUT2D eigenvalue weighted by Gasteiger charge is -2.41. The van der Waals surface area contributed by atoms with Crippen LogP contribution < -0.4 is 23.8 Å². The number of carbonyl (C=O) groups excluding carboxylic acids is 1. The fraction of sp³-hybridized carbons (Fsp3) is 0.529. The summed E-state index contributed by atoms with van der Waals surface area (Å²) < 4.78 is 28.1. The van der Waals surface area contributed by atoms with Gasteiger partial charge < -0.3 is 33.5 Å². The van der Waals surface area contributed by atoms with E-state index in [2.05, 4.69) is 30.0 Å². The number of methoxy groups -OCH3 is 3. The maximum atomic E-state index is 12.7. The summed E-state index contributed by atoms with van der Waals surface area (Å²) >= 11 is 0. The number of anilines is 1. The number of hydrogen-bond acceptors (Lipinski definition) is 8. The minimum atomic E-state index is -0.512. The number of allylic oxidation sites excluding steroid dienone is 1. The third kappa shape index (κ3) is 7.75. The van der Waals surface area contributed by atoms with E-state index >= 15 is 0 Å². The molecule has 1 amide bonds. The molecule has 9 nitrogen and oxygen atoms in total. The molecule has 0 saturated carbocycles. The van der Waals surface area contributed by atoms with Crippen molar-refractivity contribution in [2.45, 2.75) is 65.1 Å². The van der Waals surface area contributed by atoms with E-state index in [0.29, 0.717) is 36.9 Å². The van der Waals surface area contributed by atoms with Crippen molar-refractivity contribution in [2.24, 2.45) is 10.9 Å². The predicted octanol–water partition coefficient (Wildman–Crippen LogP) is 6.71. The number of hydrogen-bond donors (Lipinski definition) is 0. The molecule has 2 unspecified atom stereocenters. The Hall–Kier alpha value is -3.88. The van der Waals surface area contributed by atoms with Gasteiger partial charge in [0.1, 0.15) is 11.4 Å². The molecular formula is C34H47N3O6. The quantitative estimate of drug-likeness (QED) is 0.303. The van der Waals surface area contributed by atoms with E-state index in [-0.39, 0.29) is 24.1 Å². The SMILES string of the molecule is CCOc1ccc(N(CC2=CC=NC(c3cc(OC)c(OC)c(OC)c3)C2C)C2CCN(C(=O)OC(C)(C)C)CC2)cc1. The number of carbonyl (C=O) groups is 1. The number of rotatable bonds is 10. The molecule has 2 aromatic rings. The van der Waals surface area contributed by atoms with Gasteiger partial charge in [0.2, 0.25) is 5.75 Å². The number of amides is 1. The normalized spacial score (nSPS) is 19.0. The molecule has 0 bridgehead atoms. The van der Waals surface area contributed by atoms with E-state index in [0.717, 1.165) is 36.4 Å². The van der Waals surface area contributed by atoms with E-state index in [9.17, 15) is 4.79 Å². The van der Waals surface area contributed by atoms with E-state index in [1.807, 2.05) is 63.1 Å². The summed E-state index contributed by atoms with van der Waals surface area (Å²) in [4.78, 5) is 21.9. The zero-order chi connectivity index (χ0) is 31.1. The van der Waals surface area contributed by atoms with Crippen LogP contribution in [0.3, 0.4) is 0 Å². The van der Waals surface area contributed by atoms with Gasteiger partial charge in [0, 0.05) is 43.5 Å². The Kier molecular flexibility index (Phi) is 10.5. The van der Waals surface area contributed by atoms with Crippen LogP contribution in [0.1, 0.15) is 59.1 Å². The average molecular weight is 594 g/mol. The summed E-state index contributed by atoms with van der Waals surface area (Å²) in [5.41, 5.74) is 2.89. The van der Waals surface area contributed by atoms with E-state index in [4.69, 9.17) is 28.7 Å². The van der Waals surface area contributed by atoms with Crippen LogP contribution in [0.25, 0.3) is 0 Å². The molecule has 2 atom stereocenters. The first-order valence-corrected chi connectivity index (χ1v) is 15.1. The maximum absolute atomic E-state index is 12.7. The first-order chi connectivity index (χ1) is 20.6. The van der Waals surface area contributed by atoms with Gasteiger partial charge in [-0.05, 0) is 94.1 Å². The number of aliphatic imine (C=N–C) groups is 1. The van der Waals surface area contributed by atoms with Crippen LogP contribution in [0, 0.1) is 5.92 Å². The van der Waals surface area contributed by atoms with Gasteiger partial charge in [-0.3, -0.25) is 4.99 Å². The molecule has 4 rings (SSSR count). The lowest BCUT2D eigenvalue weighted by Crippen LogP contribution is -2.49. The summed E-state index contributed by atoms with van der Waals surface area (Å²) in [5, 5.41) is 0. The van der Waals surface area contributed by atoms with Gasteiger partial charge in [-0.15, -0.1) is 0 Å². The summed E-state index contributed by atoms with van der Waals surface area (Å²) in [5.74, 6) is 2.77. The molecule has 234 valence electrons. The van der Waals surface area contributed by atoms with Crippen molar-refractivity contribution >= 4 is 18.0 Å². The first-order valence-electron chi connectivity index (χ1n) is 15.1. The van der Waals surface area contributed by atoms with Crippen LogP contribution >= 0.6 is 0 Å². The zero-order valence-electron chi connectivity index (χ0n) is 26.9. The number of nitrogens with zero attached hydrogens (tertiary/aromatic N) is 3. The second-order valence-corrected chi connectivity index (χ2v) is 12.0.